The number of amides is 2. The average Bonchev–Trinajstić information content (AvgIpc) is 3.38. The number of hydrogen-bond acceptors (Lipinski definition) is 3. The quantitative estimate of drug-likeness (QED) is 0.771. The van der Waals surface area contributed by atoms with Crippen molar-refractivity contribution in [1.29, 1.82) is 0 Å². The molecule has 0 bridgehead atoms. The predicted molar refractivity (Wildman–Crippen MR) is 97.1 cm³/mol. The summed E-state index contributed by atoms with van der Waals surface area (Å²) in [5.74, 6) is 0.317. The van der Waals surface area contributed by atoms with Gasteiger partial charge in [0.15, 0.2) is 0 Å². The van der Waals surface area contributed by atoms with Crippen LogP contribution in [0.4, 0.5) is 5.69 Å². The number of anilines is 1. The molecule has 0 radical (unpaired) electrons. The van der Waals surface area contributed by atoms with Crippen LogP contribution >= 0.6 is 11.6 Å². The lowest BCUT2D eigenvalue weighted by Crippen LogP contribution is -2.33. The van der Waals surface area contributed by atoms with Crippen LogP contribution in [0.3, 0.4) is 0 Å². The fourth-order valence-corrected chi connectivity index (χ4v) is 3.18. The summed E-state index contributed by atoms with van der Waals surface area (Å²) in [4.78, 5) is 32.1. The van der Waals surface area contributed by atoms with Gasteiger partial charge in [-0.1, -0.05) is 24.6 Å². The molecule has 6 heteroatoms. The smallest absolute Gasteiger partial charge is 0.254 e. The molecule has 0 aromatic heterocycles. The Morgan fingerprint density at radius 3 is 2.64 bits per heavy atom. The Morgan fingerprint density at radius 1 is 1.40 bits per heavy atom. The summed E-state index contributed by atoms with van der Waals surface area (Å²) < 4.78 is 0. The Hall–Kier alpha value is -1.59. The van der Waals surface area contributed by atoms with Gasteiger partial charge >= 0.3 is 0 Å². The number of halogens is 1. The SMILES string of the molecule is CCCN(C(=O)C1CC1)c1ccc(CN2OCC(C)(C)C2=O)c(Cl)c1. The molecule has 1 aliphatic heterocycles. The molecule has 136 valence electrons. The van der Waals surface area contributed by atoms with Gasteiger partial charge in [-0.05, 0) is 50.8 Å². The van der Waals surface area contributed by atoms with E-state index in [1.54, 1.807) is 0 Å². The maximum Gasteiger partial charge on any atom is 0.254 e. The van der Waals surface area contributed by atoms with E-state index in [-0.39, 0.29) is 17.7 Å². The molecule has 0 unspecified atom stereocenters. The molecule has 5 nitrogen and oxygen atoms in total. The highest BCUT2D eigenvalue weighted by atomic mass is 35.5. The van der Waals surface area contributed by atoms with Crippen LogP contribution in [0.5, 0.6) is 0 Å². The number of hydrogen-bond donors (Lipinski definition) is 0. The number of carbonyl (C=O) groups excluding carboxylic acids is 2. The molecular weight excluding hydrogens is 340 g/mol. The van der Waals surface area contributed by atoms with Crippen molar-refractivity contribution in [2.75, 3.05) is 18.1 Å². The Bertz CT molecular complexity index is 685. The van der Waals surface area contributed by atoms with E-state index in [4.69, 9.17) is 16.4 Å². The van der Waals surface area contributed by atoms with Crippen molar-refractivity contribution in [3.05, 3.63) is 28.8 Å². The van der Waals surface area contributed by atoms with Crippen molar-refractivity contribution < 1.29 is 14.4 Å². The lowest BCUT2D eigenvalue weighted by Gasteiger charge is -2.23. The standard InChI is InChI=1S/C19H25ClN2O3/c1-4-9-21(17(23)13-5-6-13)15-8-7-14(16(20)10-15)11-22-18(24)19(2,3)12-25-22/h7-8,10,13H,4-6,9,11-12H2,1-3H3. The molecule has 1 saturated heterocycles. The summed E-state index contributed by atoms with van der Waals surface area (Å²) in [7, 11) is 0. The van der Waals surface area contributed by atoms with Gasteiger partial charge < -0.3 is 4.90 Å². The summed E-state index contributed by atoms with van der Waals surface area (Å²) >= 11 is 6.44. The zero-order chi connectivity index (χ0) is 18.2. The fraction of sp³-hybridized carbons (Fsp3) is 0.579. The molecule has 1 aromatic carbocycles. The van der Waals surface area contributed by atoms with Crippen LogP contribution in [0.15, 0.2) is 18.2 Å². The van der Waals surface area contributed by atoms with Crippen molar-refractivity contribution in [1.82, 2.24) is 5.06 Å². The molecule has 3 rings (SSSR count). The summed E-state index contributed by atoms with van der Waals surface area (Å²) in [6.45, 7) is 7.17. The van der Waals surface area contributed by atoms with Crippen LogP contribution < -0.4 is 4.90 Å². The summed E-state index contributed by atoms with van der Waals surface area (Å²) in [6, 6.07) is 5.60. The van der Waals surface area contributed by atoms with Crippen LogP contribution in [0.2, 0.25) is 5.02 Å². The molecule has 1 saturated carbocycles. The summed E-state index contributed by atoms with van der Waals surface area (Å²) in [5.41, 5.74) is 1.13. The van der Waals surface area contributed by atoms with Crippen LogP contribution in [0, 0.1) is 11.3 Å². The number of carbonyl (C=O) groups is 2. The Balaban J connectivity index is 1.76. The molecular formula is C19H25ClN2O3. The summed E-state index contributed by atoms with van der Waals surface area (Å²) in [6.07, 6.45) is 2.85. The van der Waals surface area contributed by atoms with Gasteiger partial charge in [0.05, 0.1) is 18.6 Å². The van der Waals surface area contributed by atoms with Crippen molar-refractivity contribution in [2.45, 2.75) is 46.6 Å². The third kappa shape index (κ3) is 3.82. The van der Waals surface area contributed by atoms with E-state index < -0.39 is 5.41 Å². The second-order valence-electron chi connectivity index (χ2n) is 7.54. The average molecular weight is 365 g/mol. The third-order valence-corrected chi connectivity index (χ3v) is 5.04. The highest BCUT2D eigenvalue weighted by Gasteiger charge is 2.40. The van der Waals surface area contributed by atoms with Crippen LogP contribution in [0.1, 0.15) is 45.6 Å². The molecule has 1 heterocycles. The fourth-order valence-electron chi connectivity index (χ4n) is 2.94. The van der Waals surface area contributed by atoms with E-state index in [2.05, 4.69) is 6.92 Å². The second-order valence-corrected chi connectivity index (χ2v) is 7.95. The first-order valence-electron chi connectivity index (χ1n) is 8.88. The van der Waals surface area contributed by atoms with Gasteiger partial charge in [0.25, 0.3) is 5.91 Å². The molecule has 2 amide bonds. The number of rotatable bonds is 6. The summed E-state index contributed by atoms with van der Waals surface area (Å²) in [5, 5.41) is 1.92. The number of benzene rings is 1. The lowest BCUT2D eigenvalue weighted by atomic mass is 9.95. The molecule has 1 aliphatic carbocycles. The van der Waals surface area contributed by atoms with Gasteiger partial charge in [-0.3, -0.25) is 14.4 Å². The van der Waals surface area contributed by atoms with Gasteiger partial charge in [-0.25, -0.2) is 5.06 Å². The first-order valence-corrected chi connectivity index (χ1v) is 9.26. The van der Waals surface area contributed by atoms with Gasteiger partial charge in [-0.15, -0.1) is 0 Å². The lowest BCUT2D eigenvalue weighted by molar-refractivity contribution is -0.165. The number of hydroxylamine groups is 2. The molecule has 2 fully saturated rings. The molecule has 1 aromatic rings. The van der Waals surface area contributed by atoms with E-state index >= 15 is 0 Å². The zero-order valence-corrected chi connectivity index (χ0v) is 15.8. The van der Waals surface area contributed by atoms with Crippen LogP contribution in [0.25, 0.3) is 0 Å². The van der Waals surface area contributed by atoms with E-state index in [1.807, 2.05) is 36.9 Å². The Kier molecular flexibility index (Phi) is 5.07. The van der Waals surface area contributed by atoms with Crippen molar-refractivity contribution >= 4 is 29.1 Å². The maximum atomic E-state index is 12.5. The predicted octanol–water partition coefficient (Wildman–Crippen LogP) is 3.79. The van der Waals surface area contributed by atoms with Crippen LogP contribution in [-0.4, -0.2) is 30.0 Å². The van der Waals surface area contributed by atoms with Crippen molar-refractivity contribution in [3.8, 4) is 0 Å². The second kappa shape index (κ2) is 6.96. The molecule has 25 heavy (non-hydrogen) atoms. The monoisotopic (exact) mass is 364 g/mol. The highest BCUT2D eigenvalue weighted by molar-refractivity contribution is 6.31. The van der Waals surface area contributed by atoms with Crippen molar-refractivity contribution in [2.24, 2.45) is 11.3 Å². The molecule has 0 spiro atoms. The van der Waals surface area contributed by atoms with Gasteiger partial charge in [0, 0.05) is 23.2 Å². The van der Waals surface area contributed by atoms with Gasteiger partial charge in [0.1, 0.15) is 0 Å². The first kappa shape index (κ1) is 18.2. The molecule has 0 atom stereocenters. The van der Waals surface area contributed by atoms with Gasteiger partial charge in [-0.2, -0.15) is 0 Å². The first-order chi connectivity index (χ1) is 11.8. The molecule has 0 N–H and O–H groups in total. The van der Waals surface area contributed by atoms with Crippen LogP contribution in [-0.2, 0) is 21.0 Å². The largest absolute Gasteiger partial charge is 0.312 e. The van der Waals surface area contributed by atoms with Gasteiger partial charge in [0.2, 0.25) is 5.91 Å². The number of nitrogens with zero attached hydrogens (tertiary/aromatic N) is 2. The van der Waals surface area contributed by atoms with E-state index in [9.17, 15) is 9.59 Å². The minimum Gasteiger partial charge on any atom is -0.312 e. The molecule has 2 aliphatic rings. The third-order valence-electron chi connectivity index (χ3n) is 4.69. The zero-order valence-electron chi connectivity index (χ0n) is 15.0. The minimum absolute atomic E-state index is 0.0378. The van der Waals surface area contributed by atoms with E-state index in [0.717, 1.165) is 30.5 Å². The Labute approximate surface area is 153 Å². The van der Waals surface area contributed by atoms with Crippen molar-refractivity contribution in [3.63, 3.8) is 0 Å². The normalized spacial score (nSPS) is 19.4. The topological polar surface area (TPSA) is 49.9 Å². The highest BCUT2D eigenvalue weighted by Crippen LogP contribution is 2.35. The maximum absolute atomic E-state index is 12.5. The van der Waals surface area contributed by atoms with E-state index in [1.165, 1.54) is 5.06 Å². The minimum atomic E-state index is -0.499. The Morgan fingerprint density at radius 2 is 2.12 bits per heavy atom. The van der Waals surface area contributed by atoms with E-state index in [0.29, 0.717) is 24.7 Å².